The maximum Gasteiger partial charge on any atom is 0.150 e. The Kier molecular flexibility index (Phi) is 5.22. The summed E-state index contributed by atoms with van der Waals surface area (Å²) < 4.78 is 5.54. The van der Waals surface area contributed by atoms with Gasteiger partial charge in [0.2, 0.25) is 0 Å². The molecule has 1 aromatic rings. The summed E-state index contributed by atoms with van der Waals surface area (Å²) in [6.45, 7) is 4.94. The summed E-state index contributed by atoms with van der Waals surface area (Å²) in [6.07, 6.45) is 2.80. The van der Waals surface area contributed by atoms with Crippen molar-refractivity contribution in [3.63, 3.8) is 0 Å². The van der Waals surface area contributed by atoms with Gasteiger partial charge in [-0.25, -0.2) is 0 Å². The Labute approximate surface area is 102 Å². The van der Waals surface area contributed by atoms with E-state index in [1.54, 1.807) is 18.2 Å². The fourth-order valence-electron chi connectivity index (χ4n) is 1.51. The van der Waals surface area contributed by atoms with Gasteiger partial charge in [-0.1, -0.05) is 13.8 Å². The lowest BCUT2D eigenvalue weighted by Crippen LogP contribution is -2.01. The highest BCUT2D eigenvalue weighted by molar-refractivity contribution is 5.76. The van der Waals surface area contributed by atoms with E-state index in [0.717, 1.165) is 19.1 Å². The number of hydrogen-bond donors (Lipinski definition) is 0. The molecular weight excluding hydrogens is 214 g/mol. The van der Waals surface area contributed by atoms with E-state index in [2.05, 4.69) is 13.8 Å². The van der Waals surface area contributed by atoms with Crippen molar-refractivity contribution in [2.45, 2.75) is 26.7 Å². The monoisotopic (exact) mass is 231 g/mol. The Morgan fingerprint density at radius 1 is 1.47 bits per heavy atom. The van der Waals surface area contributed by atoms with Gasteiger partial charge in [0.05, 0.1) is 12.2 Å². The van der Waals surface area contributed by atoms with Crippen molar-refractivity contribution in [1.82, 2.24) is 0 Å². The summed E-state index contributed by atoms with van der Waals surface area (Å²) in [6, 6.07) is 6.92. The van der Waals surface area contributed by atoms with Gasteiger partial charge in [0.25, 0.3) is 0 Å². The minimum absolute atomic E-state index is 0.416. The van der Waals surface area contributed by atoms with Crippen molar-refractivity contribution in [2.75, 3.05) is 6.61 Å². The second kappa shape index (κ2) is 6.70. The molecule has 0 unspecified atom stereocenters. The summed E-state index contributed by atoms with van der Waals surface area (Å²) >= 11 is 0. The molecule has 0 heterocycles. The first-order valence-electron chi connectivity index (χ1n) is 5.79. The fraction of sp³-hybridized carbons (Fsp3) is 0.429. The smallest absolute Gasteiger partial charge is 0.150 e. The molecule has 0 aliphatic heterocycles. The first-order valence-corrected chi connectivity index (χ1v) is 5.79. The van der Waals surface area contributed by atoms with Crippen LogP contribution in [0.25, 0.3) is 0 Å². The lowest BCUT2D eigenvalue weighted by atomic mass is 10.1. The molecule has 0 N–H and O–H groups in total. The molecule has 0 aliphatic carbocycles. The van der Waals surface area contributed by atoms with Crippen LogP contribution in [0.2, 0.25) is 0 Å². The molecule has 1 rings (SSSR count). The number of nitriles is 1. The molecule has 0 spiro atoms. The normalized spacial score (nSPS) is 10.0. The van der Waals surface area contributed by atoms with Gasteiger partial charge in [0.15, 0.2) is 0 Å². The van der Waals surface area contributed by atoms with E-state index >= 15 is 0 Å². The summed E-state index contributed by atoms with van der Waals surface area (Å²) in [5, 5.41) is 8.94. The van der Waals surface area contributed by atoms with E-state index in [-0.39, 0.29) is 0 Å². The van der Waals surface area contributed by atoms with Crippen LogP contribution in [0.1, 0.15) is 42.6 Å². The van der Waals surface area contributed by atoms with Gasteiger partial charge in [-0.2, -0.15) is 5.26 Å². The van der Waals surface area contributed by atoms with E-state index in [1.165, 1.54) is 0 Å². The Hall–Kier alpha value is -1.82. The van der Waals surface area contributed by atoms with Crippen LogP contribution in [0.4, 0.5) is 0 Å². The molecule has 0 aromatic heterocycles. The van der Waals surface area contributed by atoms with Crippen molar-refractivity contribution < 1.29 is 9.53 Å². The van der Waals surface area contributed by atoms with Gasteiger partial charge in [0.1, 0.15) is 18.1 Å². The molecule has 0 amide bonds. The lowest BCUT2D eigenvalue weighted by molar-refractivity contribution is 0.112. The summed E-state index contributed by atoms with van der Waals surface area (Å²) in [5.41, 5.74) is 0.912. The van der Waals surface area contributed by atoms with Crippen LogP contribution in [0.3, 0.4) is 0 Å². The second-order valence-electron chi connectivity index (χ2n) is 4.37. The number of carbonyl (C=O) groups excluding carboxylic acids is 1. The van der Waals surface area contributed by atoms with Crippen LogP contribution in [0.15, 0.2) is 18.2 Å². The molecule has 0 radical (unpaired) electrons. The number of aldehydes is 1. The maximum absolute atomic E-state index is 10.6. The molecule has 0 saturated carbocycles. The predicted molar refractivity (Wildman–Crippen MR) is 66.1 cm³/mol. The highest BCUT2D eigenvalue weighted by atomic mass is 16.5. The zero-order valence-electron chi connectivity index (χ0n) is 10.3. The second-order valence-corrected chi connectivity index (χ2v) is 4.37. The van der Waals surface area contributed by atoms with Crippen LogP contribution in [-0.4, -0.2) is 12.9 Å². The van der Waals surface area contributed by atoms with Crippen molar-refractivity contribution >= 4 is 6.29 Å². The highest BCUT2D eigenvalue weighted by Gasteiger charge is 2.04. The van der Waals surface area contributed by atoms with Crippen LogP contribution in [-0.2, 0) is 0 Å². The van der Waals surface area contributed by atoms with E-state index in [0.29, 0.717) is 29.4 Å². The van der Waals surface area contributed by atoms with Crippen LogP contribution in [0, 0.1) is 17.2 Å². The maximum atomic E-state index is 10.6. The standard InChI is InChI=1S/C14H17NO2/c1-11(2)4-3-7-17-14-6-5-12(10-16)8-13(14)9-15/h5-6,8,10-11H,3-4,7H2,1-2H3. The highest BCUT2D eigenvalue weighted by Crippen LogP contribution is 2.19. The Morgan fingerprint density at radius 2 is 2.24 bits per heavy atom. The predicted octanol–water partition coefficient (Wildman–Crippen LogP) is 3.19. The first kappa shape index (κ1) is 13.2. The Balaban J connectivity index is 2.59. The van der Waals surface area contributed by atoms with E-state index in [4.69, 9.17) is 10.00 Å². The van der Waals surface area contributed by atoms with Crippen LogP contribution >= 0.6 is 0 Å². The summed E-state index contributed by atoms with van der Waals surface area (Å²) in [7, 11) is 0. The summed E-state index contributed by atoms with van der Waals surface area (Å²) in [5.74, 6) is 1.22. The minimum Gasteiger partial charge on any atom is -0.492 e. The Bertz CT molecular complexity index is 419. The molecule has 3 heteroatoms. The number of hydrogen-bond acceptors (Lipinski definition) is 3. The molecule has 0 saturated heterocycles. The number of ether oxygens (including phenoxy) is 1. The third kappa shape index (κ3) is 4.28. The topological polar surface area (TPSA) is 50.1 Å². The zero-order valence-corrected chi connectivity index (χ0v) is 10.3. The van der Waals surface area contributed by atoms with Gasteiger partial charge in [-0.3, -0.25) is 4.79 Å². The lowest BCUT2D eigenvalue weighted by Gasteiger charge is -2.09. The SMILES string of the molecule is CC(C)CCCOc1ccc(C=O)cc1C#N. The van der Waals surface area contributed by atoms with Gasteiger partial charge in [-0.15, -0.1) is 0 Å². The van der Waals surface area contributed by atoms with Gasteiger partial charge < -0.3 is 4.74 Å². The molecule has 3 nitrogen and oxygen atoms in total. The zero-order chi connectivity index (χ0) is 12.7. The average molecular weight is 231 g/mol. The third-order valence-electron chi connectivity index (χ3n) is 2.44. The van der Waals surface area contributed by atoms with E-state index in [1.807, 2.05) is 6.07 Å². The number of nitrogens with zero attached hydrogens (tertiary/aromatic N) is 1. The molecule has 17 heavy (non-hydrogen) atoms. The molecule has 0 aliphatic rings. The average Bonchev–Trinajstić information content (AvgIpc) is 2.34. The molecule has 0 atom stereocenters. The minimum atomic E-state index is 0.416. The van der Waals surface area contributed by atoms with Gasteiger partial charge in [-0.05, 0) is 37.0 Å². The van der Waals surface area contributed by atoms with Crippen molar-refractivity contribution in [1.29, 1.82) is 5.26 Å². The molecular formula is C14H17NO2. The van der Waals surface area contributed by atoms with E-state index in [9.17, 15) is 4.79 Å². The fourth-order valence-corrected chi connectivity index (χ4v) is 1.51. The van der Waals surface area contributed by atoms with Crippen LogP contribution < -0.4 is 4.74 Å². The van der Waals surface area contributed by atoms with Gasteiger partial charge >= 0.3 is 0 Å². The molecule has 1 aromatic carbocycles. The molecule has 0 fully saturated rings. The largest absolute Gasteiger partial charge is 0.492 e. The molecule has 90 valence electrons. The Morgan fingerprint density at radius 3 is 2.82 bits per heavy atom. The number of carbonyl (C=O) groups is 1. The number of benzene rings is 1. The van der Waals surface area contributed by atoms with Crippen LogP contribution in [0.5, 0.6) is 5.75 Å². The third-order valence-corrected chi connectivity index (χ3v) is 2.44. The van der Waals surface area contributed by atoms with E-state index < -0.39 is 0 Å². The quantitative estimate of drug-likeness (QED) is 0.558. The number of rotatable bonds is 6. The summed E-state index contributed by atoms with van der Waals surface area (Å²) in [4.78, 5) is 10.6. The van der Waals surface area contributed by atoms with Crippen molar-refractivity contribution in [3.8, 4) is 11.8 Å². The van der Waals surface area contributed by atoms with Gasteiger partial charge in [0, 0.05) is 5.56 Å². The van der Waals surface area contributed by atoms with Crippen molar-refractivity contribution in [3.05, 3.63) is 29.3 Å². The molecule has 0 bridgehead atoms. The first-order chi connectivity index (χ1) is 8.17. The van der Waals surface area contributed by atoms with Crippen molar-refractivity contribution in [2.24, 2.45) is 5.92 Å².